The summed E-state index contributed by atoms with van der Waals surface area (Å²) in [6.07, 6.45) is 0.914. The van der Waals surface area contributed by atoms with Crippen LogP contribution in [0.3, 0.4) is 0 Å². The Morgan fingerprint density at radius 2 is 0.829 bits per heavy atom. The number of rotatable bonds is 6. The predicted octanol–water partition coefficient (Wildman–Crippen LogP) is -1.61. The van der Waals surface area contributed by atoms with E-state index in [0.717, 1.165) is 6.42 Å². The Hall–Kier alpha value is -2.19. The average molecular weight is 552 g/mol. The maximum atomic E-state index is 2.31. The van der Waals surface area contributed by atoms with Crippen LogP contribution in [0, 0.1) is 0 Å². The van der Waals surface area contributed by atoms with Gasteiger partial charge in [-0.15, -0.1) is 5.56 Å². The van der Waals surface area contributed by atoms with Crippen LogP contribution in [0.25, 0.3) is 0 Å². The van der Waals surface area contributed by atoms with Gasteiger partial charge in [0.25, 0.3) is 0 Å². The average Bonchev–Trinajstić information content (AvgIpc) is 3.31. The molecule has 0 nitrogen and oxygen atoms in total. The van der Waals surface area contributed by atoms with E-state index in [9.17, 15) is 0 Å². The molecule has 5 aromatic rings. The molecule has 0 bridgehead atoms. The van der Waals surface area contributed by atoms with E-state index in [1.807, 2.05) is 0 Å². The normalized spacial score (nSPS) is 10.1. The number of hydrogen-bond acceptors (Lipinski definition) is 0. The van der Waals surface area contributed by atoms with Gasteiger partial charge in [0.05, 0.1) is 0 Å². The topological polar surface area (TPSA) is 0 Å². The molecule has 0 aromatic heterocycles. The van der Waals surface area contributed by atoms with Crippen molar-refractivity contribution in [3.63, 3.8) is 0 Å². The summed E-state index contributed by atoms with van der Waals surface area (Å²) >= 11 is 0. The Kier molecular flexibility index (Phi) is 12.7. The summed E-state index contributed by atoms with van der Waals surface area (Å²) in [5.41, 5.74) is 7.52. The van der Waals surface area contributed by atoms with Gasteiger partial charge in [0.1, 0.15) is 0 Å². The molecule has 0 amide bonds. The molecular weight excluding hydrogens is 527 g/mol. The largest absolute Gasteiger partial charge is 4.00 e. The molecular formula is C31H25Cl3Ti. The van der Waals surface area contributed by atoms with Crippen molar-refractivity contribution in [1.29, 1.82) is 0 Å². The SMILES string of the molecule is [Cl-].[Cl-].[Cl-].[Ti+4].c1ccc(Cc2ccc[c-]2C(c2ccccc2)(c2ccccc2)c2ccccc2)cc1. The minimum atomic E-state index is -0.378. The quantitative estimate of drug-likeness (QED) is 0.135. The molecule has 0 saturated carbocycles. The van der Waals surface area contributed by atoms with Crippen molar-refractivity contribution in [2.45, 2.75) is 11.8 Å². The smallest absolute Gasteiger partial charge is 1.00 e. The molecule has 0 radical (unpaired) electrons. The minimum absolute atomic E-state index is 0. The van der Waals surface area contributed by atoms with Crippen LogP contribution in [0.1, 0.15) is 33.4 Å². The van der Waals surface area contributed by atoms with Crippen LogP contribution in [-0.2, 0) is 33.6 Å². The molecule has 5 aromatic carbocycles. The molecule has 0 aliphatic rings. The van der Waals surface area contributed by atoms with Crippen LogP contribution < -0.4 is 37.2 Å². The van der Waals surface area contributed by atoms with Crippen molar-refractivity contribution in [2.24, 2.45) is 0 Å². The van der Waals surface area contributed by atoms with Crippen molar-refractivity contribution >= 4 is 0 Å². The Bertz CT molecular complexity index is 1140. The third-order valence-corrected chi connectivity index (χ3v) is 6.17. The second-order valence-corrected chi connectivity index (χ2v) is 7.98. The molecule has 0 saturated heterocycles. The van der Waals surface area contributed by atoms with E-state index < -0.39 is 0 Å². The zero-order valence-corrected chi connectivity index (χ0v) is 22.9. The molecule has 0 aliphatic carbocycles. The van der Waals surface area contributed by atoms with Crippen LogP contribution in [0.15, 0.2) is 140 Å². The second-order valence-electron chi connectivity index (χ2n) is 7.98. The fraction of sp³-hybridized carbons (Fsp3) is 0.0645. The Balaban J connectivity index is 0.00000153. The molecule has 0 spiro atoms. The van der Waals surface area contributed by atoms with Gasteiger partial charge in [0, 0.05) is 5.41 Å². The summed E-state index contributed by atoms with van der Waals surface area (Å²) in [5.74, 6) is 0. The minimum Gasteiger partial charge on any atom is -1.00 e. The van der Waals surface area contributed by atoms with E-state index in [0.29, 0.717) is 0 Å². The van der Waals surface area contributed by atoms with Gasteiger partial charge < -0.3 is 37.2 Å². The number of hydrogen-bond donors (Lipinski definition) is 0. The maximum absolute atomic E-state index is 2.31. The predicted molar refractivity (Wildman–Crippen MR) is 130 cm³/mol. The summed E-state index contributed by atoms with van der Waals surface area (Å²) in [4.78, 5) is 0. The fourth-order valence-corrected chi connectivity index (χ4v) is 4.82. The Morgan fingerprint density at radius 3 is 1.23 bits per heavy atom. The van der Waals surface area contributed by atoms with Gasteiger partial charge in [-0.05, 0) is 28.7 Å². The first-order valence-corrected chi connectivity index (χ1v) is 10.8. The van der Waals surface area contributed by atoms with Gasteiger partial charge >= 0.3 is 21.7 Å². The van der Waals surface area contributed by atoms with Crippen LogP contribution in [0.2, 0.25) is 0 Å². The fourth-order valence-electron chi connectivity index (χ4n) is 4.82. The van der Waals surface area contributed by atoms with Gasteiger partial charge in [-0.3, -0.25) is 0 Å². The summed E-state index contributed by atoms with van der Waals surface area (Å²) in [5, 5.41) is 0. The zero-order valence-electron chi connectivity index (χ0n) is 19.1. The summed E-state index contributed by atoms with van der Waals surface area (Å²) in [6, 6.07) is 50.3. The van der Waals surface area contributed by atoms with Crippen LogP contribution in [0.4, 0.5) is 0 Å². The van der Waals surface area contributed by atoms with Crippen LogP contribution >= 0.6 is 0 Å². The molecule has 174 valence electrons. The van der Waals surface area contributed by atoms with E-state index in [-0.39, 0.29) is 64.4 Å². The van der Waals surface area contributed by atoms with Gasteiger partial charge in [0.2, 0.25) is 0 Å². The molecule has 35 heavy (non-hydrogen) atoms. The van der Waals surface area contributed by atoms with Crippen molar-refractivity contribution in [3.05, 3.63) is 173 Å². The Morgan fingerprint density at radius 1 is 0.457 bits per heavy atom. The first-order valence-electron chi connectivity index (χ1n) is 10.8. The van der Waals surface area contributed by atoms with Crippen molar-refractivity contribution in [1.82, 2.24) is 0 Å². The van der Waals surface area contributed by atoms with Gasteiger partial charge in [-0.2, -0.15) is 11.6 Å². The van der Waals surface area contributed by atoms with Crippen molar-refractivity contribution < 1.29 is 58.9 Å². The van der Waals surface area contributed by atoms with E-state index in [1.54, 1.807) is 0 Å². The third-order valence-electron chi connectivity index (χ3n) is 6.17. The zero-order chi connectivity index (χ0) is 20.9. The molecule has 0 heterocycles. The molecule has 0 atom stereocenters. The molecule has 4 heteroatoms. The van der Waals surface area contributed by atoms with Gasteiger partial charge in [-0.25, -0.2) is 12.1 Å². The molecule has 0 N–H and O–H groups in total. The first kappa shape index (κ1) is 30.8. The number of benzene rings is 4. The van der Waals surface area contributed by atoms with Gasteiger partial charge in [0.15, 0.2) is 0 Å². The number of halogens is 3. The summed E-state index contributed by atoms with van der Waals surface area (Å²) in [6.45, 7) is 0. The monoisotopic (exact) mass is 550 g/mol. The van der Waals surface area contributed by atoms with Crippen LogP contribution in [0.5, 0.6) is 0 Å². The van der Waals surface area contributed by atoms with Crippen molar-refractivity contribution in [3.8, 4) is 0 Å². The third kappa shape index (κ3) is 6.15. The van der Waals surface area contributed by atoms with Crippen molar-refractivity contribution in [2.75, 3.05) is 0 Å². The first-order chi connectivity index (χ1) is 15.4. The van der Waals surface area contributed by atoms with Gasteiger partial charge in [-0.1, -0.05) is 121 Å². The molecule has 5 rings (SSSR count). The van der Waals surface area contributed by atoms with E-state index in [1.165, 1.54) is 33.4 Å². The van der Waals surface area contributed by atoms with Crippen LogP contribution in [-0.4, -0.2) is 0 Å². The summed E-state index contributed by atoms with van der Waals surface area (Å²) in [7, 11) is 0. The molecule has 0 fully saturated rings. The summed E-state index contributed by atoms with van der Waals surface area (Å²) < 4.78 is 0. The van der Waals surface area contributed by atoms with E-state index in [4.69, 9.17) is 0 Å². The van der Waals surface area contributed by atoms with E-state index in [2.05, 4.69) is 140 Å². The standard InChI is InChI=1S/C31H25.3ClH.Ti/c1-5-14-25(15-6-1)24-26-16-13-23-30(26)31(27-17-7-2-8-18-27,28-19-9-3-10-20-28)29-21-11-4-12-22-29;;;;/h1-23H,24H2;3*1H;/q-1;;;;+4/p-3. The van der Waals surface area contributed by atoms with E-state index >= 15 is 0 Å². The molecule has 0 aliphatic heterocycles. The molecule has 0 unspecified atom stereocenters. The Labute approximate surface area is 242 Å². The second kappa shape index (κ2) is 14.4. The maximum Gasteiger partial charge on any atom is 4.00 e.